The molecule has 5 heterocycles. The number of aromatic amines is 2. The number of hydrogen-bond acceptors (Lipinski definition) is 6. The first-order valence-corrected chi connectivity index (χ1v) is 18.5. The Morgan fingerprint density at radius 2 is 0.644 bits per heavy atom. The van der Waals surface area contributed by atoms with E-state index in [4.69, 9.17) is 9.97 Å². The molecule has 4 aromatic carbocycles. The molecule has 2 aliphatic heterocycles. The second kappa shape index (κ2) is 14.7. The third-order valence-electron chi connectivity index (χ3n) is 10.4. The van der Waals surface area contributed by atoms with Gasteiger partial charge in [0.2, 0.25) is 0 Å². The fourth-order valence-electron chi connectivity index (χ4n) is 7.54. The zero-order valence-electron chi connectivity index (χ0n) is 31.0. The Bertz CT molecular complexity index is 3030. The topological polar surface area (TPSA) is 189 Å². The molecular formula is C48H32N4O7. The number of H-pyrrole nitrogens is 2. The van der Waals surface area contributed by atoms with Gasteiger partial charge in [-0.2, -0.15) is 0 Å². The number of aromatic carboxylic acids is 3. The summed E-state index contributed by atoms with van der Waals surface area (Å²) in [6.45, 7) is -0.113. The van der Waals surface area contributed by atoms with Crippen LogP contribution in [0.2, 0.25) is 0 Å². The van der Waals surface area contributed by atoms with Crippen molar-refractivity contribution in [3.8, 4) is 44.5 Å². The Labute approximate surface area is 335 Å². The molecule has 3 aromatic heterocycles. The van der Waals surface area contributed by atoms with E-state index in [9.17, 15) is 34.8 Å². The first-order valence-electron chi connectivity index (χ1n) is 18.5. The van der Waals surface area contributed by atoms with Crippen molar-refractivity contribution >= 4 is 64.3 Å². The summed E-state index contributed by atoms with van der Waals surface area (Å²) in [5.41, 5.74) is 12.3. The molecule has 0 fully saturated rings. The van der Waals surface area contributed by atoms with Crippen LogP contribution >= 0.6 is 0 Å². The molecule has 0 saturated carbocycles. The van der Waals surface area contributed by atoms with Gasteiger partial charge in [0.05, 0.1) is 46.1 Å². The first-order chi connectivity index (χ1) is 28.6. The lowest BCUT2D eigenvalue weighted by atomic mass is 10.0. The number of nitrogens with zero attached hydrogens (tertiary/aromatic N) is 2. The minimum atomic E-state index is -1.05. The lowest BCUT2D eigenvalue weighted by molar-refractivity contribution is 0.0686. The third-order valence-corrected chi connectivity index (χ3v) is 10.4. The molecule has 6 N–H and O–H groups in total. The monoisotopic (exact) mass is 776 g/mol. The predicted octanol–water partition coefficient (Wildman–Crippen LogP) is 9.91. The van der Waals surface area contributed by atoms with Crippen molar-refractivity contribution in [2.24, 2.45) is 0 Å². The molecule has 9 rings (SSSR count). The van der Waals surface area contributed by atoms with Crippen LogP contribution in [0, 0.1) is 0 Å². The van der Waals surface area contributed by atoms with E-state index in [-0.39, 0.29) is 23.3 Å². The number of carboxylic acid groups (broad SMARTS) is 3. The molecule has 11 nitrogen and oxygen atoms in total. The Morgan fingerprint density at radius 3 is 0.881 bits per heavy atom. The van der Waals surface area contributed by atoms with Crippen LogP contribution < -0.4 is 0 Å². The van der Waals surface area contributed by atoms with Crippen molar-refractivity contribution < 1.29 is 34.8 Å². The van der Waals surface area contributed by atoms with Crippen molar-refractivity contribution in [1.29, 1.82) is 0 Å². The van der Waals surface area contributed by atoms with Crippen LogP contribution in [0.3, 0.4) is 0 Å². The summed E-state index contributed by atoms with van der Waals surface area (Å²) in [7, 11) is 0. The van der Waals surface area contributed by atoms with E-state index in [1.807, 2.05) is 72.8 Å². The lowest BCUT2D eigenvalue weighted by Gasteiger charge is -2.08. The molecule has 11 heteroatoms. The van der Waals surface area contributed by atoms with Gasteiger partial charge in [-0.1, -0.05) is 60.7 Å². The molecule has 0 radical (unpaired) electrons. The van der Waals surface area contributed by atoms with Gasteiger partial charge in [-0.3, -0.25) is 0 Å². The van der Waals surface area contributed by atoms with Crippen LogP contribution in [0.5, 0.6) is 0 Å². The number of hydrogen-bond donors (Lipinski definition) is 6. The highest BCUT2D eigenvalue weighted by atomic mass is 16.4. The van der Waals surface area contributed by atoms with Gasteiger partial charge in [0.25, 0.3) is 0 Å². The van der Waals surface area contributed by atoms with Gasteiger partial charge in [0.15, 0.2) is 0 Å². The Kier molecular flexibility index (Phi) is 9.11. The molecule has 0 aliphatic carbocycles. The highest BCUT2D eigenvalue weighted by Crippen LogP contribution is 2.38. The number of carbonyl (C=O) groups is 3. The van der Waals surface area contributed by atoms with Crippen molar-refractivity contribution in [3.05, 3.63) is 166 Å². The van der Waals surface area contributed by atoms with Crippen LogP contribution in [-0.2, 0) is 6.61 Å². The third kappa shape index (κ3) is 6.77. The van der Waals surface area contributed by atoms with Crippen molar-refractivity contribution in [1.82, 2.24) is 19.9 Å². The van der Waals surface area contributed by atoms with Crippen LogP contribution in [0.15, 0.2) is 121 Å². The molecule has 8 bridgehead atoms. The summed E-state index contributed by atoms with van der Waals surface area (Å²) in [6, 6.07) is 35.1. The summed E-state index contributed by atoms with van der Waals surface area (Å²) < 4.78 is 0. The Hall–Kier alpha value is -8.15. The number of aliphatic hydroxyl groups excluding tert-OH is 1. The van der Waals surface area contributed by atoms with E-state index in [0.717, 1.165) is 33.3 Å². The van der Waals surface area contributed by atoms with E-state index in [2.05, 4.69) is 9.97 Å². The zero-order chi connectivity index (χ0) is 40.8. The molecule has 0 unspecified atom stereocenters. The normalized spacial score (nSPS) is 11.8. The highest BCUT2D eigenvalue weighted by Gasteiger charge is 2.20. The second-order valence-corrected chi connectivity index (χ2v) is 14.0. The van der Waals surface area contributed by atoms with Crippen LogP contribution in [0.4, 0.5) is 0 Å². The number of carboxylic acids is 3. The molecule has 0 amide bonds. The maximum absolute atomic E-state index is 11.8. The van der Waals surface area contributed by atoms with E-state index >= 15 is 0 Å². The van der Waals surface area contributed by atoms with E-state index < -0.39 is 17.9 Å². The molecule has 0 saturated heterocycles. The van der Waals surface area contributed by atoms with Crippen LogP contribution in [0.1, 0.15) is 59.4 Å². The van der Waals surface area contributed by atoms with Gasteiger partial charge in [-0.15, -0.1) is 0 Å². The van der Waals surface area contributed by atoms with Gasteiger partial charge in [0, 0.05) is 44.3 Å². The molecular weight excluding hydrogens is 745 g/mol. The van der Waals surface area contributed by atoms with Gasteiger partial charge >= 0.3 is 17.9 Å². The average Bonchev–Trinajstić information content (AvgIpc) is 4.10. The number of benzene rings is 4. The number of nitrogens with one attached hydrogen (secondary N) is 2. The highest BCUT2D eigenvalue weighted by molar-refractivity contribution is 6.01. The van der Waals surface area contributed by atoms with Crippen LogP contribution in [-0.4, -0.2) is 58.3 Å². The van der Waals surface area contributed by atoms with Crippen molar-refractivity contribution in [2.45, 2.75) is 6.61 Å². The number of aliphatic hydroxyl groups is 1. The van der Waals surface area contributed by atoms with E-state index in [1.165, 1.54) is 0 Å². The first kappa shape index (κ1) is 36.5. The minimum absolute atomic E-state index is 0.113. The van der Waals surface area contributed by atoms with Gasteiger partial charge in [-0.05, 0) is 113 Å². The summed E-state index contributed by atoms with van der Waals surface area (Å²) in [6.07, 6.45) is 7.64. The van der Waals surface area contributed by atoms with Gasteiger partial charge in [0.1, 0.15) is 0 Å². The SMILES string of the molecule is O=C(O)c1ccc(-c2c3nc(c(-c4ccc(C(=O)O)cc4)c4ccc([nH]4)c(-c4ccc(C(=O)O)cc4)c4nc(c(-c5ccc(CO)cc5)c5ccc2[nH]5)C=C4)C=C3)cc1. The molecule has 0 spiro atoms. The average molecular weight is 777 g/mol. The Balaban J connectivity index is 1.43. The largest absolute Gasteiger partial charge is 0.478 e. The quantitative estimate of drug-likeness (QED) is 0.0872. The van der Waals surface area contributed by atoms with Crippen LogP contribution in [0.25, 0.3) is 90.9 Å². The fraction of sp³-hybridized carbons (Fsp3) is 0.0208. The van der Waals surface area contributed by atoms with Gasteiger partial charge < -0.3 is 30.4 Å². The second-order valence-electron chi connectivity index (χ2n) is 14.0. The smallest absolute Gasteiger partial charge is 0.335 e. The van der Waals surface area contributed by atoms with E-state index in [1.54, 1.807) is 72.8 Å². The number of aromatic nitrogens is 4. The molecule has 59 heavy (non-hydrogen) atoms. The molecule has 0 atom stereocenters. The van der Waals surface area contributed by atoms with Crippen molar-refractivity contribution in [3.63, 3.8) is 0 Å². The molecule has 2 aliphatic rings. The lowest BCUT2D eigenvalue weighted by Crippen LogP contribution is -1.96. The van der Waals surface area contributed by atoms with Crippen molar-refractivity contribution in [2.75, 3.05) is 0 Å². The minimum Gasteiger partial charge on any atom is -0.478 e. The van der Waals surface area contributed by atoms with Gasteiger partial charge in [-0.25, -0.2) is 24.4 Å². The maximum atomic E-state index is 11.8. The Morgan fingerprint density at radius 1 is 0.390 bits per heavy atom. The summed E-state index contributed by atoms with van der Waals surface area (Å²) in [5, 5.41) is 38.9. The summed E-state index contributed by atoms with van der Waals surface area (Å²) in [4.78, 5) is 53.1. The standard InChI is InChI=1S/C48H32N4O7/c53-25-26-1-3-27(4-2-26)42-34-17-19-36(49-34)43(28-5-11-31(12-6-28)46(54)55)38-21-23-40(51-38)45(30-9-15-33(16-10-30)48(58)59)41-24-22-39(52-41)44(37-20-18-35(42)50-37)29-7-13-32(14-8-29)47(56)57/h1-24,49,52-53H,25H2,(H,54,55)(H,56,57)(H,58,59). The predicted molar refractivity (Wildman–Crippen MR) is 227 cm³/mol. The summed E-state index contributed by atoms with van der Waals surface area (Å²) >= 11 is 0. The number of fused-ring (bicyclic) bond motifs is 8. The van der Waals surface area contributed by atoms with E-state index in [0.29, 0.717) is 61.6 Å². The maximum Gasteiger partial charge on any atom is 0.335 e. The molecule has 286 valence electrons. The summed E-state index contributed by atoms with van der Waals surface area (Å²) in [5.74, 6) is -3.13. The fourth-order valence-corrected chi connectivity index (χ4v) is 7.54. The number of rotatable bonds is 8. The molecule has 7 aromatic rings. The zero-order valence-corrected chi connectivity index (χ0v) is 31.0.